The normalized spacial score (nSPS) is 31.1. The number of nitrogens with one attached hydrogen (secondary N) is 1. The highest BCUT2D eigenvalue weighted by Crippen LogP contribution is 2.63. The Labute approximate surface area is 295 Å². The first kappa shape index (κ1) is 32.2. The molecule has 7 aliphatic rings. The molecule has 0 amide bonds. The molecular formula is C38H43N3O8S. The first-order valence-electron chi connectivity index (χ1n) is 17.3. The molecule has 0 radical (unpaired) electrons. The number of methoxy groups -OCH3 is 1. The molecule has 3 aromatic rings. The lowest BCUT2D eigenvalue weighted by Crippen LogP contribution is -2.70. The predicted molar refractivity (Wildman–Crippen MR) is 186 cm³/mol. The van der Waals surface area contributed by atoms with Crippen LogP contribution in [0.15, 0.2) is 18.2 Å². The van der Waals surface area contributed by atoms with Crippen LogP contribution in [-0.2, 0) is 27.9 Å². The van der Waals surface area contributed by atoms with Gasteiger partial charge in [-0.2, -0.15) is 0 Å². The molecule has 0 aromatic heterocycles. The largest absolute Gasteiger partial charge is 0.508 e. The van der Waals surface area contributed by atoms with E-state index >= 15 is 0 Å². The van der Waals surface area contributed by atoms with E-state index in [0.717, 1.165) is 50.1 Å². The van der Waals surface area contributed by atoms with Gasteiger partial charge in [-0.05, 0) is 104 Å². The summed E-state index contributed by atoms with van der Waals surface area (Å²) in [6.45, 7) is 8.58. The standard InChI is InChI=1S/C38H43N3O8S/c1-16-10-22-20(12-25(16)42)7-8-39-38(22)14-50-35-26-18(3)19(4)33-34(49-15-48-33)28(26)24(13-47-37(38)45)41-30(35)29-27-21(11-23(36(41)44)40(29)5)9-17(2)32(46-6)31(27)43/h9-10,12,23-24,29-30,35-36,39,42-44H,7-8,11,13-15H2,1-6H3/t23-,24-,29+,30+,35+,36?,38+/m0/s1. The minimum absolute atomic E-state index is 0.0237. The Morgan fingerprint density at radius 1 is 0.980 bits per heavy atom. The van der Waals surface area contributed by atoms with Crippen molar-refractivity contribution in [3.8, 4) is 28.7 Å². The van der Waals surface area contributed by atoms with E-state index in [-0.39, 0.29) is 54.2 Å². The van der Waals surface area contributed by atoms with E-state index in [0.29, 0.717) is 48.0 Å². The van der Waals surface area contributed by atoms with Crippen molar-refractivity contribution < 1.29 is 39.1 Å². The van der Waals surface area contributed by atoms with Gasteiger partial charge >= 0.3 is 5.97 Å². The van der Waals surface area contributed by atoms with Crippen molar-refractivity contribution in [1.29, 1.82) is 0 Å². The summed E-state index contributed by atoms with van der Waals surface area (Å²) >= 11 is 1.66. The fourth-order valence-electron chi connectivity index (χ4n) is 9.92. The van der Waals surface area contributed by atoms with Crippen LogP contribution in [0, 0.1) is 27.7 Å². The molecule has 1 unspecified atom stereocenters. The molecule has 2 saturated heterocycles. The van der Waals surface area contributed by atoms with Crippen LogP contribution in [0.2, 0.25) is 0 Å². The van der Waals surface area contributed by atoms with Crippen LogP contribution in [0.1, 0.15) is 73.0 Å². The second-order valence-corrected chi connectivity index (χ2v) is 15.9. The lowest BCUT2D eigenvalue weighted by atomic mass is 9.72. The summed E-state index contributed by atoms with van der Waals surface area (Å²) in [5, 5.41) is 38.4. The number of aliphatic hydroxyl groups excluding tert-OH is 1. The quantitative estimate of drug-likeness (QED) is 0.273. The zero-order chi connectivity index (χ0) is 35.0. The number of likely N-dealkylation sites (N-methyl/N-ethyl adjacent to an activating group) is 1. The third-order valence-electron chi connectivity index (χ3n) is 12.4. The van der Waals surface area contributed by atoms with Crippen LogP contribution in [0.25, 0.3) is 0 Å². The maximum Gasteiger partial charge on any atom is 0.331 e. The van der Waals surface area contributed by atoms with Crippen molar-refractivity contribution >= 4 is 17.7 Å². The summed E-state index contributed by atoms with van der Waals surface area (Å²) in [4.78, 5) is 18.9. The Morgan fingerprint density at radius 3 is 2.54 bits per heavy atom. The summed E-state index contributed by atoms with van der Waals surface area (Å²) in [7, 11) is 3.62. The summed E-state index contributed by atoms with van der Waals surface area (Å²) in [6.07, 6.45) is 0.294. The molecule has 1 spiro atoms. The van der Waals surface area contributed by atoms with Gasteiger partial charge in [0, 0.05) is 34.7 Å². The average molecular weight is 702 g/mol. The lowest BCUT2D eigenvalue weighted by Gasteiger charge is -2.62. The molecule has 7 heterocycles. The number of ether oxygens (including phenoxy) is 4. The van der Waals surface area contributed by atoms with Crippen molar-refractivity contribution in [3.63, 3.8) is 0 Å². The summed E-state index contributed by atoms with van der Waals surface area (Å²) in [5.41, 5.74) is 8.01. The van der Waals surface area contributed by atoms with Crippen LogP contribution in [0.3, 0.4) is 0 Å². The second-order valence-electron chi connectivity index (χ2n) is 14.7. The molecule has 4 bridgehead atoms. The molecule has 3 aromatic carbocycles. The lowest BCUT2D eigenvalue weighted by molar-refractivity contribution is -0.186. The second kappa shape index (κ2) is 11.2. The van der Waals surface area contributed by atoms with Gasteiger partial charge in [-0.25, -0.2) is 4.79 Å². The van der Waals surface area contributed by atoms with Crippen molar-refractivity contribution in [1.82, 2.24) is 15.1 Å². The number of fused-ring (bicyclic) bond motifs is 9. The van der Waals surface area contributed by atoms with Gasteiger partial charge in [-0.3, -0.25) is 15.1 Å². The maximum absolute atomic E-state index is 14.6. The molecule has 0 aliphatic carbocycles. The maximum atomic E-state index is 14.6. The van der Waals surface area contributed by atoms with Crippen molar-refractivity contribution in [2.45, 2.75) is 81.7 Å². The number of aromatic hydroxyl groups is 2. The fraction of sp³-hybridized carbons (Fsp3) is 0.500. The topological polar surface area (TPSA) is 133 Å². The summed E-state index contributed by atoms with van der Waals surface area (Å²) < 4.78 is 24.4. The molecule has 10 rings (SSSR count). The van der Waals surface area contributed by atoms with E-state index < -0.39 is 17.8 Å². The molecule has 12 heteroatoms. The van der Waals surface area contributed by atoms with E-state index in [1.54, 1.807) is 24.9 Å². The van der Waals surface area contributed by atoms with Crippen LogP contribution in [0.5, 0.6) is 28.7 Å². The molecule has 0 saturated carbocycles. The van der Waals surface area contributed by atoms with Gasteiger partial charge < -0.3 is 34.3 Å². The number of rotatable bonds is 1. The number of aliphatic hydroxyl groups is 1. The first-order valence-corrected chi connectivity index (χ1v) is 18.4. The summed E-state index contributed by atoms with van der Waals surface area (Å²) in [6, 6.07) is 4.28. The van der Waals surface area contributed by atoms with Gasteiger partial charge in [0.1, 0.15) is 18.6 Å². The van der Waals surface area contributed by atoms with E-state index in [9.17, 15) is 20.1 Å². The Hall–Kier alpha value is -3.68. The number of hydrogen-bond donors (Lipinski definition) is 4. The number of nitrogens with zero attached hydrogens (tertiary/aromatic N) is 2. The zero-order valence-electron chi connectivity index (χ0n) is 29.1. The van der Waals surface area contributed by atoms with E-state index in [2.05, 4.69) is 35.0 Å². The van der Waals surface area contributed by atoms with Crippen LogP contribution in [-0.4, -0.2) is 89.3 Å². The Morgan fingerprint density at radius 2 is 1.76 bits per heavy atom. The molecule has 7 aliphatic heterocycles. The Balaban J connectivity index is 1.30. The molecule has 4 N–H and O–H groups in total. The summed E-state index contributed by atoms with van der Waals surface area (Å²) in [5.74, 6) is 2.09. The molecule has 2 fully saturated rings. The molecule has 264 valence electrons. The number of carbonyl (C=O) groups excluding carboxylic acids is 1. The number of aryl methyl sites for hydroxylation is 2. The third kappa shape index (κ3) is 4.11. The van der Waals surface area contributed by atoms with Crippen LogP contribution in [0.4, 0.5) is 0 Å². The van der Waals surface area contributed by atoms with E-state index in [4.69, 9.17) is 18.9 Å². The van der Waals surface area contributed by atoms with E-state index in [1.807, 2.05) is 27.0 Å². The van der Waals surface area contributed by atoms with Gasteiger partial charge in [-0.15, -0.1) is 11.8 Å². The van der Waals surface area contributed by atoms with Crippen molar-refractivity contribution in [3.05, 3.63) is 73.8 Å². The van der Waals surface area contributed by atoms with Gasteiger partial charge in [0.2, 0.25) is 6.79 Å². The van der Waals surface area contributed by atoms with E-state index in [1.165, 1.54) is 0 Å². The first-order chi connectivity index (χ1) is 24.0. The number of esters is 1. The molecule has 11 nitrogen and oxygen atoms in total. The van der Waals surface area contributed by atoms with Crippen molar-refractivity contribution in [2.75, 3.05) is 39.9 Å². The fourth-order valence-corrected chi connectivity index (χ4v) is 11.7. The highest BCUT2D eigenvalue weighted by Gasteiger charge is 2.61. The smallest absolute Gasteiger partial charge is 0.331 e. The number of phenols is 2. The van der Waals surface area contributed by atoms with Gasteiger partial charge in [-0.1, -0.05) is 6.07 Å². The molecular weight excluding hydrogens is 658 g/mol. The number of piperazine rings is 1. The van der Waals surface area contributed by atoms with Crippen molar-refractivity contribution in [2.24, 2.45) is 0 Å². The third-order valence-corrected chi connectivity index (χ3v) is 13.9. The predicted octanol–water partition coefficient (Wildman–Crippen LogP) is 4.10. The number of thioether (sulfide) groups is 1. The Bertz CT molecular complexity index is 1990. The molecule has 50 heavy (non-hydrogen) atoms. The molecule has 7 atom stereocenters. The minimum Gasteiger partial charge on any atom is -0.508 e. The number of hydrogen-bond acceptors (Lipinski definition) is 12. The Kier molecular flexibility index (Phi) is 7.20. The monoisotopic (exact) mass is 701 g/mol. The van der Waals surface area contributed by atoms with Crippen LogP contribution >= 0.6 is 11.8 Å². The number of phenolic OH excluding ortho intramolecular Hbond substituents is 2. The minimum atomic E-state index is -1.16. The number of carbonyl (C=O) groups is 1. The van der Waals surface area contributed by atoms with Gasteiger partial charge in [0.25, 0.3) is 0 Å². The zero-order valence-corrected chi connectivity index (χ0v) is 29.9. The highest BCUT2D eigenvalue weighted by atomic mass is 32.2. The number of benzene rings is 3. The van der Waals surface area contributed by atoms with Gasteiger partial charge in [0.05, 0.1) is 25.2 Å². The average Bonchev–Trinajstić information content (AvgIpc) is 3.58. The SMILES string of the molecule is COc1c(C)cc2c(c1O)[C@@H]1[C@@H]3[C@@H]4SC[C@]5(NCCc6cc(O)c(C)cc65)C(=O)OC[C@@H](c5c6c(c(C)c(C)c54)OCO6)N3C(O)[C@H](C2)N1C. The van der Waals surface area contributed by atoms with Gasteiger partial charge in [0.15, 0.2) is 28.5 Å². The van der Waals surface area contributed by atoms with Crippen LogP contribution < -0.4 is 19.5 Å². The highest BCUT2D eigenvalue weighted by molar-refractivity contribution is 7.99.